The average Bonchev–Trinajstić information content (AvgIpc) is 2.73. The molecule has 2 aromatic heterocycles. The summed E-state index contributed by atoms with van der Waals surface area (Å²) in [5.41, 5.74) is 7.59. The Kier molecular flexibility index (Phi) is 4.57. The number of anilines is 1. The van der Waals surface area contributed by atoms with Crippen LogP contribution in [0.1, 0.15) is 35.0 Å². The average molecular weight is 293 g/mol. The van der Waals surface area contributed by atoms with Crippen LogP contribution in [0.3, 0.4) is 0 Å². The molecule has 1 atom stereocenters. The standard InChI is InChI=1S/C14H19N3O2S/c1-8-5-7-17-14-10(8)11(15)12(20-14)13(19)16-6-3-4-9(2)18/h5,7,9,18H,3-4,6,15H2,1-2H3,(H,16,19). The first-order chi connectivity index (χ1) is 9.50. The number of carbonyl (C=O) groups is 1. The van der Waals surface area contributed by atoms with Gasteiger partial charge in [0.05, 0.1) is 11.8 Å². The van der Waals surface area contributed by atoms with Crippen LogP contribution in [0.2, 0.25) is 0 Å². The van der Waals surface area contributed by atoms with Crippen LogP contribution >= 0.6 is 11.3 Å². The van der Waals surface area contributed by atoms with Crippen LogP contribution in [0.5, 0.6) is 0 Å². The molecule has 0 bridgehead atoms. The number of aryl methyl sites for hydroxylation is 1. The zero-order valence-corrected chi connectivity index (χ0v) is 12.5. The van der Waals surface area contributed by atoms with Crippen molar-refractivity contribution in [3.8, 4) is 0 Å². The molecule has 2 heterocycles. The molecular weight excluding hydrogens is 274 g/mol. The Morgan fingerprint density at radius 1 is 1.60 bits per heavy atom. The molecule has 5 nitrogen and oxygen atoms in total. The van der Waals surface area contributed by atoms with Crippen molar-refractivity contribution >= 4 is 33.1 Å². The maximum absolute atomic E-state index is 12.1. The first-order valence-electron chi connectivity index (χ1n) is 6.60. The van der Waals surface area contributed by atoms with Crippen molar-refractivity contribution in [1.82, 2.24) is 10.3 Å². The van der Waals surface area contributed by atoms with E-state index in [1.54, 1.807) is 13.1 Å². The second-order valence-corrected chi connectivity index (χ2v) is 5.90. The van der Waals surface area contributed by atoms with Gasteiger partial charge in [0.25, 0.3) is 5.91 Å². The zero-order chi connectivity index (χ0) is 14.7. The SMILES string of the molecule is Cc1ccnc2sc(C(=O)NCCCC(C)O)c(N)c12. The fourth-order valence-electron chi connectivity index (χ4n) is 2.05. The molecule has 4 N–H and O–H groups in total. The summed E-state index contributed by atoms with van der Waals surface area (Å²) in [7, 11) is 0. The third-order valence-corrected chi connectivity index (χ3v) is 4.24. The molecule has 0 aliphatic heterocycles. The highest BCUT2D eigenvalue weighted by molar-refractivity contribution is 7.21. The summed E-state index contributed by atoms with van der Waals surface area (Å²) in [6.45, 7) is 4.22. The molecule has 0 radical (unpaired) electrons. The second kappa shape index (κ2) is 6.19. The first kappa shape index (κ1) is 14.7. The molecule has 6 heteroatoms. The van der Waals surface area contributed by atoms with Gasteiger partial charge in [-0.15, -0.1) is 11.3 Å². The number of amides is 1. The summed E-state index contributed by atoms with van der Waals surface area (Å²) in [5, 5.41) is 12.9. The lowest BCUT2D eigenvalue weighted by molar-refractivity contribution is 0.0954. The van der Waals surface area contributed by atoms with Crippen LogP contribution in [-0.2, 0) is 0 Å². The summed E-state index contributed by atoms with van der Waals surface area (Å²) in [6, 6.07) is 1.88. The molecule has 2 rings (SSSR count). The third kappa shape index (κ3) is 3.08. The predicted octanol–water partition coefficient (Wildman–Crippen LogP) is 2.08. The van der Waals surface area contributed by atoms with E-state index in [4.69, 9.17) is 10.8 Å². The number of nitrogen functional groups attached to an aromatic ring is 1. The minimum Gasteiger partial charge on any atom is -0.397 e. The van der Waals surface area contributed by atoms with Gasteiger partial charge in [-0.25, -0.2) is 4.98 Å². The van der Waals surface area contributed by atoms with Crippen molar-refractivity contribution in [1.29, 1.82) is 0 Å². The Bertz CT molecular complexity index is 622. The van der Waals surface area contributed by atoms with Gasteiger partial charge in [-0.3, -0.25) is 4.79 Å². The Labute approximate surface area is 121 Å². The smallest absolute Gasteiger partial charge is 0.263 e. The number of carbonyl (C=O) groups excluding carboxylic acids is 1. The second-order valence-electron chi connectivity index (χ2n) is 4.90. The van der Waals surface area contributed by atoms with Gasteiger partial charge >= 0.3 is 0 Å². The third-order valence-electron chi connectivity index (χ3n) is 3.13. The van der Waals surface area contributed by atoms with Crippen molar-refractivity contribution in [3.63, 3.8) is 0 Å². The lowest BCUT2D eigenvalue weighted by Crippen LogP contribution is -2.24. The van der Waals surface area contributed by atoms with Crippen molar-refractivity contribution in [3.05, 3.63) is 22.7 Å². The molecule has 0 saturated carbocycles. The van der Waals surface area contributed by atoms with E-state index in [1.807, 2.05) is 13.0 Å². The van der Waals surface area contributed by atoms with E-state index >= 15 is 0 Å². The van der Waals surface area contributed by atoms with Crippen molar-refractivity contribution < 1.29 is 9.90 Å². The van der Waals surface area contributed by atoms with E-state index in [2.05, 4.69) is 10.3 Å². The van der Waals surface area contributed by atoms with E-state index in [0.29, 0.717) is 23.5 Å². The van der Waals surface area contributed by atoms with Crippen LogP contribution in [0.15, 0.2) is 12.3 Å². The zero-order valence-electron chi connectivity index (χ0n) is 11.6. The van der Waals surface area contributed by atoms with Gasteiger partial charge in [0.15, 0.2) is 0 Å². The number of fused-ring (bicyclic) bond motifs is 1. The van der Waals surface area contributed by atoms with Gasteiger partial charge in [0, 0.05) is 18.1 Å². The Balaban J connectivity index is 2.11. The van der Waals surface area contributed by atoms with E-state index in [-0.39, 0.29) is 12.0 Å². The quantitative estimate of drug-likeness (QED) is 0.736. The topological polar surface area (TPSA) is 88.2 Å². The molecule has 2 aromatic rings. The maximum Gasteiger partial charge on any atom is 0.263 e. The Morgan fingerprint density at radius 2 is 2.35 bits per heavy atom. The van der Waals surface area contributed by atoms with Gasteiger partial charge in [-0.1, -0.05) is 0 Å². The van der Waals surface area contributed by atoms with E-state index in [1.165, 1.54) is 11.3 Å². The van der Waals surface area contributed by atoms with Crippen LogP contribution < -0.4 is 11.1 Å². The van der Waals surface area contributed by atoms with E-state index < -0.39 is 0 Å². The van der Waals surface area contributed by atoms with Gasteiger partial charge in [0.2, 0.25) is 0 Å². The molecule has 0 aliphatic carbocycles. The number of thiophene rings is 1. The molecule has 108 valence electrons. The highest BCUT2D eigenvalue weighted by Crippen LogP contribution is 2.34. The largest absolute Gasteiger partial charge is 0.397 e. The minimum absolute atomic E-state index is 0.171. The number of pyridine rings is 1. The Morgan fingerprint density at radius 3 is 3.00 bits per heavy atom. The number of hydrogen-bond acceptors (Lipinski definition) is 5. The summed E-state index contributed by atoms with van der Waals surface area (Å²) in [4.78, 5) is 17.7. The van der Waals surface area contributed by atoms with Gasteiger partial charge in [-0.2, -0.15) is 0 Å². The number of aliphatic hydroxyl groups excluding tert-OH is 1. The minimum atomic E-state index is -0.340. The fourth-order valence-corrected chi connectivity index (χ4v) is 3.11. The van der Waals surface area contributed by atoms with E-state index in [9.17, 15) is 4.79 Å². The number of nitrogens with zero attached hydrogens (tertiary/aromatic N) is 1. The van der Waals surface area contributed by atoms with Gasteiger partial charge < -0.3 is 16.2 Å². The number of aliphatic hydroxyl groups is 1. The molecule has 0 aromatic carbocycles. The van der Waals surface area contributed by atoms with Crippen molar-refractivity contribution in [2.75, 3.05) is 12.3 Å². The fraction of sp³-hybridized carbons (Fsp3) is 0.429. The summed E-state index contributed by atoms with van der Waals surface area (Å²) < 4.78 is 0. The van der Waals surface area contributed by atoms with Crippen LogP contribution in [0.4, 0.5) is 5.69 Å². The molecule has 0 aliphatic rings. The highest BCUT2D eigenvalue weighted by Gasteiger charge is 2.17. The lowest BCUT2D eigenvalue weighted by atomic mass is 10.1. The maximum atomic E-state index is 12.1. The molecular formula is C14H19N3O2S. The predicted molar refractivity (Wildman–Crippen MR) is 82.0 cm³/mol. The highest BCUT2D eigenvalue weighted by atomic mass is 32.1. The van der Waals surface area contributed by atoms with Gasteiger partial charge in [-0.05, 0) is 38.3 Å². The lowest BCUT2D eigenvalue weighted by Gasteiger charge is -2.06. The van der Waals surface area contributed by atoms with Crippen LogP contribution in [-0.4, -0.2) is 28.6 Å². The molecule has 0 fully saturated rings. The monoisotopic (exact) mass is 293 g/mol. The Hall–Kier alpha value is -1.66. The van der Waals surface area contributed by atoms with Crippen molar-refractivity contribution in [2.45, 2.75) is 32.8 Å². The number of nitrogens with one attached hydrogen (secondary N) is 1. The summed E-state index contributed by atoms with van der Waals surface area (Å²) >= 11 is 1.31. The number of hydrogen-bond donors (Lipinski definition) is 3. The van der Waals surface area contributed by atoms with Crippen LogP contribution in [0, 0.1) is 6.92 Å². The van der Waals surface area contributed by atoms with Crippen molar-refractivity contribution in [2.24, 2.45) is 0 Å². The first-order valence-corrected chi connectivity index (χ1v) is 7.42. The number of rotatable bonds is 5. The normalized spacial score (nSPS) is 12.6. The van der Waals surface area contributed by atoms with Crippen LogP contribution in [0.25, 0.3) is 10.2 Å². The number of nitrogens with two attached hydrogens (primary N) is 1. The molecule has 20 heavy (non-hydrogen) atoms. The number of aromatic nitrogens is 1. The van der Waals surface area contributed by atoms with Gasteiger partial charge in [0.1, 0.15) is 9.71 Å². The van der Waals surface area contributed by atoms with E-state index in [0.717, 1.165) is 22.2 Å². The summed E-state index contributed by atoms with van der Waals surface area (Å²) in [6.07, 6.45) is 2.79. The molecule has 0 spiro atoms. The molecule has 1 amide bonds. The molecule has 0 saturated heterocycles. The summed E-state index contributed by atoms with van der Waals surface area (Å²) in [5.74, 6) is -0.171. The molecule has 1 unspecified atom stereocenters.